The maximum atomic E-state index is 13.3. The molecule has 7 nitrogen and oxygen atoms in total. The van der Waals surface area contributed by atoms with E-state index in [1.807, 2.05) is 42.3 Å². The molecule has 1 unspecified atom stereocenters. The molecular formula is C20H17N5O2S. The number of carbonyl (C=O) groups is 1. The summed E-state index contributed by atoms with van der Waals surface area (Å²) in [5, 5.41) is 6.16. The van der Waals surface area contributed by atoms with Crippen LogP contribution in [0.4, 0.5) is 5.69 Å². The maximum Gasteiger partial charge on any atom is 0.270 e. The van der Waals surface area contributed by atoms with Crippen molar-refractivity contribution in [2.75, 3.05) is 4.90 Å². The molecule has 0 bridgehead atoms. The minimum Gasteiger partial charge on any atom is -0.305 e. The molecule has 1 aliphatic heterocycles. The number of rotatable bonds is 2. The Balaban J connectivity index is 1.57. The van der Waals surface area contributed by atoms with Crippen LogP contribution in [0.15, 0.2) is 46.7 Å². The number of aromatic amines is 1. The first kappa shape index (κ1) is 16.9. The van der Waals surface area contributed by atoms with Crippen molar-refractivity contribution in [3.05, 3.63) is 69.1 Å². The highest BCUT2D eigenvalue weighted by molar-refractivity contribution is 7.17. The third-order valence-electron chi connectivity index (χ3n) is 5.17. The summed E-state index contributed by atoms with van der Waals surface area (Å²) < 4.78 is 2.09. The average Bonchev–Trinajstić information content (AvgIpc) is 3.37. The summed E-state index contributed by atoms with van der Waals surface area (Å²) in [4.78, 5) is 34.6. The Labute approximate surface area is 164 Å². The Bertz CT molecular complexity index is 1290. The van der Waals surface area contributed by atoms with Crippen molar-refractivity contribution in [3.63, 3.8) is 0 Å². The second-order valence-electron chi connectivity index (χ2n) is 6.94. The molecule has 0 saturated heterocycles. The van der Waals surface area contributed by atoms with E-state index in [-0.39, 0.29) is 17.5 Å². The number of amides is 1. The highest BCUT2D eigenvalue weighted by Crippen LogP contribution is 2.33. The molecule has 3 aromatic heterocycles. The normalized spacial score (nSPS) is 15.9. The molecule has 4 heterocycles. The molecule has 0 fully saturated rings. The molecule has 0 saturated carbocycles. The third kappa shape index (κ3) is 2.41. The number of benzene rings is 1. The van der Waals surface area contributed by atoms with Gasteiger partial charge >= 0.3 is 0 Å². The first-order valence-electron chi connectivity index (χ1n) is 8.98. The Kier molecular flexibility index (Phi) is 3.70. The first-order valence-corrected chi connectivity index (χ1v) is 9.86. The van der Waals surface area contributed by atoms with Crippen LogP contribution in [0.5, 0.6) is 0 Å². The zero-order valence-electron chi connectivity index (χ0n) is 15.3. The molecule has 1 atom stereocenters. The SMILES string of the molecule is Cc1c(C(=O)N2c3ccccc3CC2C)cnn1-c1nc2ccsc2c(=O)[nH]1. The monoisotopic (exact) mass is 391 g/mol. The molecule has 4 aromatic rings. The number of anilines is 1. The molecule has 5 rings (SSSR count). The van der Waals surface area contributed by atoms with E-state index in [2.05, 4.69) is 21.1 Å². The average molecular weight is 391 g/mol. The number of fused-ring (bicyclic) bond motifs is 2. The standard InChI is InChI=1S/C20H17N5O2S/c1-11-9-13-5-3-4-6-16(13)24(11)19(27)14-10-21-25(12(14)2)20-22-15-7-8-28-17(15)18(26)23-20/h3-8,10-11H,9H2,1-2H3,(H,22,23,26). The van der Waals surface area contributed by atoms with Gasteiger partial charge in [0.1, 0.15) is 4.70 Å². The highest BCUT2D eigenvalue weighted by atomic mass is 32.1. The van der Waals surface area contributed by atoms with Gasteiger partial charge in [-0.2, -0.15) is 5.10 Å². The fourth-order valence-electron chi connectivity index (χ4n) is 3.80. The summed E-state index contributed by atoms with van der Waals surface area (Å²) in [6.45, 7) is 3.85. The van der Waals surface area contributed by atoms with E-state index in [4.69, 9.17) is 0 Å². The molecule has 1 N–H and O–H groups in total. The summed E-state index contributed by atoms with van der Waals surface area (Å²) in [7, 11) is 0. The Morgan fingerprint density at radius 2 is 2.11 bits per heavy atom. The summed E-state index contributed by atoms with van der Waals surface area (Å²) in [6.07, 6.45) is 2.38. The largest absolute Gasteiger partial charge is 0.305 e. The minimum atomic E-state index is -0.208. The molecule has 1 amide bonds. The summed E-state index contributed by atoms with van der Waals surface area (Å²) in [5.41, 5.74) is 3.66. The van der Waals surface area contributed by atoms with E-state index in [9.17, 15) is 9.59 Å². The van der Waals surface area contributed by atoms with Crippen molar-refractivity contribution >= 4 is 33.1 Å². The minimum absolute atomic E-state index is 0.0766. The fraction of sp³-hybridized carbons (Fsp3) is 0.200. The fourth-order valence-corrected chi connectivity index (χ4v) is 4.52. The van der Waals surface area contributed by atoms with Crippen LogP contribution in [0.1, 0.15) is 28.5 Å². The van der Waals surface area contributed by atoms with Crippen LogP contribution < -0.4 is 10.5 Å². The van der Waals surface area contributed by atoms with Gasteiger partial charge in [0, 0.05) is 11.7 Å². The zero-order valence-corrected chi connectivity index (χ0v) is 16.2. The number of para-hydroxylation sites is 1. The smallest absolute Gasteiger partial charge is 0.270 e. The number of aromatic nitrogens is 4. The lowest BCUT2D eigenvalue weighted by atomic mass is 10.1. The van der Waals surface area contributed by atoms with Crippen LogP contribution in [0, 0.1) is 6.92 Å². The lowest BCUT2D eigenvalue weighted by Crippen LogP contribution is -2.36. The van der Waals surface area contributed by atoms with Crippen molar-refractivity contribution in [2.24, 2.45) is 0 Å². The van der Waals surface area contributed by atoms with Crippen LogP contribution in [0.25, 0.3) is 16.2 Å². The van der Waals surface area contributed by atoms with Crippen LogP contribution in [-0.4, -0.2) is 31.7 Å². The van der Waals surface area contributed by atoms with E-state index in [0.29, 0.717) is 27.4 Å². The molecule has 0 spiro atoms. The van der Waals surface area contributed by atoms with Crippen molar-refractivity contribution < 1.29 is 4.79 Å². The quantitative estimate of drug-likeness (QED) is 0.569. The van der Waals surface area contributed by atoms with Gasteiger partial charge in [0.15, 0.2) is 0 Å². The summed E-state index contributed by atoms with van der Waals surface area (Å²) in [5.74, 6) is 0.211. The predicted octanol–water partition coefficient (Wildman–Crippen LogP) is 3.07. The van der Waals surface area contributed by atoms with E-state index < -0.39 is 0 Å². The lowest BCUT2D eigenvalue weighted by Gasteiger charge is -2.22. The van der Waals surface area contributed by atoms with Crippen molar-refractivity contribution in [2.45, 2.75) is 26.3 Å². The molecular weight excluding hydrogens is 374 g/mol. The molecule has 0 aliphatic carbocycles. The van der Waals surface area contributed by atoms with E-state index in [0.717, 1.165) is 12.1 Å². The topological polar surface area (TPSA) is 83.9 Å². The number of nitrogens with one attached hydrogen (secondary N) is 1. The van der Waals surface area contributed by atoms with Gasteiger partial charge < -0.3 is 4.90 Å². The van der Waals surface area contributed by atoms with Crippen LogP contribution in [0.3, 0.4) is 0 Å². The van der Waals surface area contributed by atoms with Crippen molar-refractivity contribution in [1.82, 2.24) is 19.7 Å². The molecule has 0 radical (unpaired) electrons. The molecule has 28 heavy (non-hydrogen) atoms. The van der Waals surface area contributed by atoms with Gasteiger partial charge in [-0.3, -0.25) is 14.6 Å². The number of H-pyrrole nitrogens is 1. The van der Waals surface area contributed by atoms with E-state index in [1.54, 1.807) is 12.3 Å². The molecule has 1 aliphatic rings. The van der Waals surface area contributed by atoms with Gasteiger partial charge in [0.25, 0.3) is 11.5 Å². The second kappa shape index (κ2) is 6.13. The summed E-state index contributed by atoms with van der Waals surface area (Å²) in [6, 6.07) is 9.84. The van der Waals surface area contributed by atoms with Crippen LogP contribution in [-0.2, 0) is 6.42 Å². The Morgan fingerprint density at radius 3 is 2.96 bits per heavy atom. The number of carbonyl (C=O) groups excluding carboxylic acids is 1. The molecule has 1 aromatic carbocycles. The van der Waals surface area contributed by atoms with Crippen LogP contribution >= 0.6 is 11.3 Å². The third-order valence-corrected chi connectivity index (χ3v) is 6.07. The Hall–Kier alpha value is -3.26. The first-order chi connectivity index (χ1) is 13.5. The van der Waals surface area contributed by atoms with Crippen LogP contribution in [0.2, 0.25) is 0 Å². The van der Waals surface area contributed by atoms with Gasteiger partial charge in [-0.1, -0.05) is 18.2 Å². The summed E-state index contributed by atoms with van der Waals surface area (Å²) >= 11 is 1.35. The second-order valence-corrected chi connectivity index (χ2v) is 7.85. The number of hydrogen-bond acceptors (Lipinski definition) is 5. The maximum absolute atomic E-state index is 13.3. The lowest BCUT2D eigenvalue weighted by molar-refractivity contribution is 0.0981. The van der Waals surface area contributed by atoms with E-state index >= 15 is 0 Å². The van der Waals surface area contributed by atoms with Gasteiger partial charge in [-0.25, -0.2) is 9.67 Å². The highest BCUT2D eigenvalue weighted by Gasteiger charge is 2.33. The van der Waals surface area contributed by atoms with Gasteiger partial charge in [-0.15, -0.1) is 11.3 Å². The van der Waals surface area contributed by atoms with Crippen molar-refractivity contribution in [3.8, 4) is 5.95 Å². The van der Waals surface area contributed by atoms with Gasteiger partial charge in [-0.05, 0) is 43.3 Å². The van der Waals surface area contributed by atoms with Crippen molar-refractivity contribution in [1.29, 1.82) is 0 Å². The molecule has 8 heteroatoms. The predicted molar refractivity (Wildman–Crippen MR) is 109 cm³/mol. The Morgan fingerprint density at radius 1 is 1.29 bits per heavy atom. The zero-order chi connectivity index (χ0) is 19.4. The van der Waals surface area contributed by atoms with Gasteiger partial charge in [0.2, 0.25) is 5.95 Å². The number of thiophene rings is 1. The van der Waals surface area contributed by atoms with E-state index in [1.165, 1.54) is 21.6 Å². The number of nitrogens with zero attached hydrogens (tertiary/aromatic N) is 4. The van der Waals surface area contributed by atoms with Gasteiger partial charge in [0.05, 0.1) is 23.0 Å². The molecule has 140 valence electrons. The number of hydrogen-bond donors (Lipinski definition) is 1.